The monoisotopic (exact) mass is 489 g/mol. The molecule has 0 unspecified atom stereocenters. The fourth-order valence-electron chi connectivity index (χ4n) is 4.77. The number of carbonyl (C=O) groups is 1. The highest BCUT2D eigenvalue weighted by atomic mass is 127. The number of rotatable bonds is 2. The lowest BCUT2D eigenvalue weighted by atomic mass is 9.98. The molecule has 26 heavy (non-hydrogen) atoms. The van der Waals surface area contributed by atoms with E-state index in [4.69, 9.17) is 21.1 Å². The van der Waals surface area contributed by atoms with Crippen LogP contribution in [-0.2, 0) is 14.3 Å². The standard InChI is InChI=1S/C16H17ClIN5O3/c1-15(2)25-9-8(6-4-16(6,10(9)26-15)13(24)19-3)23-5-20-7-11(17)21-14(18)22-12(7)23/h5-6,8-10H,4H2,1-3H3,(H,19,24)/t6-,8-,9+,10+,16+/m1/s1. The molecule has 1 saturated heterocycles. The van der Waals surface area contributed by atoms with Gasteiger partial charge in [-0.25, -0.2) is 15.0 Å². The SMILES string of the molecule is CNC(=O)[C@@]12C[C@@H]1[C@@H](n1cnc3c(Cl)nc(I)nc31)[C@@H]1OC(C)(C)O[C@@H]12. The van der Waals surface area contributed by atoms with Gasteiger partial charge >= 0.3 is 0 Å². The molecule has 0 radical (unpaired) electrons. The van der Waals surface area contributed by atoms with Crippen LogP contribution in [-0.4, -0.2) is 50.5 Å². The minimum atomic E-state index is -0.737. The summed E-state index contributed by atoms with van der Waals surface area (Å²) in [5, 5.41) is 3.13. The Morgan fingerprint density at radius 1 is 1.42 bits per heavy atom. The van der Waals surface area contributed by atoms with Crippen LogP contribution in [0.3, 0.4) is 0 Å². The molecule has 0 spiro atoms. The molecule has 2 saturated carbocycles. The summed E-state index contributed by atoms with van der Waals surface area (Å²) >= 11 is 8.27. The summed E-state index contributed by atoms with van der Waals surface area (Å²) in [5.41, 5.74) is 0.657. The van der Waals surface area contributed by atoms with Crippen LogP contribution in [0.15, 0.2) is 6.33 Å². The highest BCUT2D eigenvalue weighted by Crippen LogP contribution is 2.71. The van der Waals surface area contributed by atoms with E-state index in [9.17, 15) is 4.79 Å². The first-order valence-corrected chi connectivity index (χ1v) is 9.87. The molecule has 3 heterocycles. The van der Waals surface area contributed by atoms with Crippen LogP contribution in [0.4, 0.5) is 0 Å². The molecule has 1 N–H and O–H groups in total. The zero-order valence-corrected chi connectivity index (χ0v) is 17.3. The van der Waals surface area contributed by atoms with Gasteiger partial charge in [-0.15, -0.1) is 0 Å². The Hall–Kier alpha value is -1.04. The Labute approximate surface area is 168 Å². The summed E-state index contributed by atoms with van der Waals surface area (Å²) in [6.45, 7) is 3.76. The quantitative estimate of drug-likeness (QED) is 0.394. The maximum absolute atomic E-state index is 12.7. The Morgan fingerprint density at radius 3 is 2.92 bits per heavy atom. The van der Waals surface area contributed by atoms with Crippen molar-refractivity contribution >= 4 is 51.3 Å². The van der Waals surface area contributed by atoms with Gasteiger partial charge in [-0.1, -0.05) is 11.6 Å². The number of amides is 1. The number of fused-ring (bicyclic) bond motifs is 4. The first kappa shape index (κ1) is 17.1. The molecule has 8 nitrogen and oxygen atoms in total. The Morgan fingerprint density at radius 2 is 2.19 bits per heavy atom. The number of nitrogens with zero attached hydrogens (tertiary/aromatic N) is 4. The van der Waals surface area contributed by atoms with Crippen molar-refractivity contribution in [3.63, 3.8) is 0 Å². The van der Waals surface area contributed by atoms with Gasteiger partial charge in [-0.05, 0) is 20.3 Å². The van der Waals surface area contributed by atoms with Gasteiger partial charge in [0.25, 0.3) is 0 Å². The van der Waals surface area contributed by atoms with Gasteiger partial charge in [0.05, 0.1) is 17.8 Å². The van der Waals surface area contributed by atoms with Gasteiger partial charge in [0, 0.05) is 35.6 Å². The van der Waals surface area contributed by atoms with E-state index in [-0.39, 0.29) is 30.1 Å². The topological polar surface area (TPSA) is 91.2 Å². The van der Waals surface area contributed by atoms with Crippen molar-refractivity contribution in [3.05, 3.63) is 15.3 Å². The number of aromatic nitrogens is 4. The number of hydrogen-bond donors (Lipinski definition) is 1. The molecule has 1 aliphatic heterocycles. The molecular weight excluding hydrogens is 473 g/mol. The Kier molecular flexibility index (Phi) is 3.46. The van der Waals surface area contributed by atoms with E-state index in [2.05, 4.69) is 20.3 Å². The maximum Gasteiger partial charge on any atom is 0.229 e. The average Bonchev–Trinajstić information content (AvgIpc) is 2.88. The predicted octanol–water partition coefficient (Wildman–Crippen LogP) is 1.91. The highest BCUT2D eigenvalue weighted by Gasteiger charge is 2.79. The van der Waals surface area contributed by atoms with E-state index in [0.717, 1.165) is 6.42 Å². The van der Waals surface area contributed by atoms with Gasteiger partial charge in [-0.2, -0.15) is 0 Å². The third-order valence-electron chi connectivity index (χ3n) is 5.77. The number of nitrogens with one attached hydrogen (secondary N) is 1. The minimum Gasteiger partial charge on any atom is -0.359 e. The van der Waals surface area contributed by atoms with Crippen molar-refractivity contribution in [1.82, 2.24) is 24.8 Å². The minimum absolute atomic E-state index is 0.00737. The molecule has 138 valence electrons. The van der Waals surface area contributed by atoms with Crippen molar-refractivity contribution < 1.29 is 14.3 Å². The van der Waals surface area contributed by atoms with E-state index < -0.39 is 11.2 Å². The third-order valence-corrected chi connectivity index (χ3v) is 6.51. The largest absolute Gasteiger partial charge is 0.359 e. The molecule has 10 heteroatoms. The second kappa shape index (κ2) is 5.27. The summed E-state index contributed by atoms with van der Waals surface area (Å²) in [4.78, 5) is 25.8. The zero-order chi connectivity index (χ0) is 18.4. The van der Waals surface area contributed by atoms with E-state index in [1.807, 2.05) is 41.0 Å². The van der Waals surface area contributed by atoms with Crippen molar-refractivity contribution in [3.8, 4) is 0 Å². The molecule has 5 rings (SSSR count). The molecule has 0 bridgehead atoms. The van der Waals surface area contributed by atoms with Gasteiger partial charge in [-0.3, -0.25) is 4.79 Å². The van der Waals surface area contributed by atoms with Crippen molar-refractivity contribution in [1.29, 1.82) is 0 Å². The summed E-state index contributed by atoms with van der Waals surface area (Å²) in [7, 11) is 1.66. The summed E-state index contributed by atoms with van der Waals surface area (Å²) < 4.78 is 14.9. The number of imidazole rings is 1. The van der Waals surface area contributed by atoms with Crippen molar-refractivity contribution in [2.24, 2.45) is 11.3 Å². The molecule has 3 fully saturated rings. The Balaban J connectivity index is 1.65. The van der Waals surface area contributed by atoms with Crippen LogP contribution in [0.25, 0.3) is 11.2 Å². The number of halogens is 2. The summed E-state index contributed by atoms with van der Waals surface area (Å²) in [5.74, 6) is -0.620. The Bertz CT molecular complexity index is 949. The normalized spacial score (nSPS) is 36.8. The number of hydrogen-bond acceptors (Lipinski definition) is 6. The van der Waals surface area contributed by atoms with Gasteiger partial charge in [0.1, 0.15) is 17.7 Å². The van der Waals surface area contributed by atoms with Crippen LogP contribution < -0.4 is 5.32 Å². The molecule has 2 aromatic rings. The molecule has 1 amide bonds. The fraction of sp³-hybridized carbons (Fsp3) is 0.625. The van der Waals surface area contributed by atoms with Crippen LogP contribution in [0, 0.1) is 15.2 Å². The average molecular weight is 490 g/mol. The van der Waals surface area contributed by atoms with E-state index in [1.54, 1.807) is 13.4 Å². The third kappa shape index (κ3) is 2.08. The fourth-order valence-corrected chi connectivity index (χ4v) is 5.60. The van der Waals surface area contributed by atoms with Crippen molar-refractivity contribution in [2.75, 3.05) is 7.05 Å². The van der Waals surface area contributed by atoms with Gasteiger partial charge in [0.15, 0.2) is 20.4 Å². The molecule has 2 aromatic heterocycles. The second-order valence-corrected chi connectivity index (χ2v) is 8.87. The van der Waals surface area contributed by atoms with E-state index in [1.165, 1.54) is 0 Å². The predicted molar refractivity (Wildman–Crippen MR) is 101 cm³/mol. The molecular formula is C16H17ClIN5O3. The molecule has 3 aliphatic rings. The van der Waals surface area contributed by atoms with Gasteiger partial charge < -0.3 is 19.4 Å². The lowest BCUT2D eigenvalue weighted by molar-refractivity contribution is -0.164. The second-order valence-electron chi connectivity index (χ2n) is 7.55. The molecule has 2 aliphatic carbocycles. The van der Waals surface area contributed by atoms with Gasteiger partial charge in [0.2, 0.25) is 5.91 Å². The maximum atomic E-state index is 12.7. The summed E-state index contributed by atoms with van der Waals surface area (Å²) in [6, 6.07) is -0.0918. The zero-order valence-electron chi connectivity index (χ0n) is 14.4. The van der Waals surface area contributed by atoms with Crippen LogP contribution >= 0.6 is 34.2 Å². The first-order chi connectivity index (χ1) is 12.3. The highest BCUT2D eigenvalue weighted by molar-refractivity contribution is 14.1. The van der Waals surface area contributed by atoms with Crippen LogP contribution in [0.1, 0.15) is 26.3 Å². The number of carbonyl (C=O) groups excluding carboxylic acids is 1. The van der Waals surface area contributed by atoms with Crippen LogP contribution in [0.2, 0.25) is 5.15 Å². The smallest absolute Gasteiger partial charge is 0.229 e. The molecule has 5 atom stereocenters. The first-order valence-electron chi connectivity index (χ1n) is 8.42. The lowest BCUT2D eigenvalue weighted by Gasteiger charge is -2.24. The lowest BCUT2D eigenvalue weighted by Crippen LogP contribution is -2.40. The van der Waals surface area contributed by atoms with Crippen molar-refractivity contribution in [2.45, 2.75) is 44.3 Å². The van der Waals surface area contributed by atoms with Crippen LogP contribution in [0.5, 0.6) is 0 Å². The van der Waals surface area contributed by atoms with E-state index >= 15 is 0 Å². The number of ether oxygens (including phenoxy) is 2. The summed E-state index contributed by atoms with van der Waals surface area (Å²) in [6.07, 6.45) is 1.94. The van der Waals surface area contributed by atoms with E-state index in [0.29, 0.717) is 20.1 Å². The molecule has 0 aromatic carbocycles.